The van der Waals surface area contributed by atoms with E-state index in [1.54, 1.807) is 7.11 Å². The lowest BCUT2D eigenvalue weighted by Crippen LogP contribution is -2.36. The number of nitrogens with zero attached hydrogens (tertiary/aromatic N) is 1. The molecule has 3 nitrogen and oxygen atoms in total. The molecule has 0 aliphatic rings. The molecule has 0 spiro atoms. The third-order valence-corrected chi connectivity index (χ3v) is 3.80. The van der Waals surface area contributed by atoms with E-state index in [0.29, 0.717) is 18.7 Å². The van der Waals surface area contributed by atoms with Crippen LogP contribution < -0.4 is 10.2 Å². The number of rotatable bonds is 7. The van der Waals surface area contributed by atoms with Crippen LogP contribution in [0.4, 0.5) is 5.69 Å². The molecule has 0 bridgehead atoms. The van der Waals surface area contributed by atoms with E-state index in [0.717, 1.165) is 17.3 Å². The summed E-state index contributed by atoms with van der Waals surface area (Å²) in [7, 11) is 3.68. The Morgan fingerprint density at radius 2 is 2.05 bits per heavy atom. The molecule has 1 aromatic carbocycles. The Hall–Kier alpha value is -0.770. The van der Waals surface area contributed by atoms with Crippen molar-refractivity contribution in [2.45, 2.75) is 32.9 Å². The van der Waals surface area contributed by atoms with E-state index in [9.17, 15) is 0 Å². The summed E-state index contributed by atoms with van der Waals surface area (Å²) >= 11 is 6.44. The molecule has 4 heteroatoms. The zero-order chi connectivity index (χ0) is 14.4. The second-order valence-corrected chi connectivity index (χ2v) is 5.22. The number of hydrogen-bond acceptors (Lipinski definition) is 3. The van der Waals surface area contributed by atoms with Crippen molar-refractivity contribution in [2.24, 2.45) is 0 Å². The molecule has 1 rings (SSSR count). The second-order valence-electron chi connectivity index (χ2n) is 4.81. The van der Waals surface area contributed by atoms with Gasteiger partial charge in [0.15, 0.2) is 0 Å². The van der Waals surface area contributed by atoms with Gasteiger partial charge in [-0.05, 0) is 45.5 Å². The number of methoxy groups -OCH3 is 1. The zero-order valence-corrected chi connectivity index (χ0v) is 13.3. The van der Waals surface area contributed by atoms with Crippen molar-refractivity contribution in [2.75, 3.05) is 32.2 Å². The van der Waals surface area contributed by atoms with Crippen LogP contribution in [0.3, 0.4) is 0 Å². The Morgan fingerprint density at radius 1 is 1.37 bits per heavy atom. The molecule has 0 saturated heterocycles. The van der Waals surface area contributed by atoms with Crippen molar-refractivity contribution >= 4 is 17.3 Å². The lowest BCUT2D eigenvalue weighted by Gasteiger charge is -2.31. The van der Waals surface area contributed by atoms with Crippen LogP contribution in [0.5, 0.6) is 0 Å². The highest BCUT2D eigenvalue weighted by Crippen LogP contribution is 2.30. The van der Waals surface area contributed by atoms with Crippen LogP contribution in [-0.2, 0) is 4.74 Å². The number of hydrogen-bond donors (Lipinski definition) is 1. The van der Waals surface area contributed by atoms with Gasteiger partial charge < -0.3 is 15.0 Å². The van der Waals surface area contributed by atoms with Crippen LogP contribution in [-0.4, -0.2) is 33.4 Å². The van der Waals surface area contributed by atoms with E-state index in [1.165, 1.54) is 5.56 Å². The first-order valence-corrected chi connectivity index (χ1v) is 7.15. The number of benzene rings is 1. The highest BCUT2D eigenvalue weighted by Gasteiger charge is 2.16. The monoisotopic (exact) mass is 284 g/mol. The maximum atomic E-state index is 6.44. The largest absolute Gasteiger partial charge is 0.383 e. The fourth-order valence-electron chi connectivity index (χ4n) is 2.24. The normalized spacial score (nSPS) is 14.2. The summed E-state index contributed by atoms with van der Waals surface area (Å²) in [4.78, 5) is 2.26. The third kappa shape index (κ3) is 4.10. The Kier molecular flexibility index (Phi) is 6.63. The van der Waals surface area contributed by atoms with Gasteiger partial charge in [0.1, 0.15) is 0 Å². The van der Waals surface area contributed by atoms with E-state index < -0.39 is 0 Å². The van der Waals surface area contributed by atoms with Crippen molar-refractivity contribution in [1.82, 2.24) is 5.32 Å². The number of ether oxygens (including phenoxy) is 1. The first kappa shape index (κ1) is 16.3. The number of anilines is 1. The minimum Gasteiger partial charge on any atom is -0.383 e. The number of halogens is 1. The quantitative estimate of drug-likeness (QED) is 0.830. The standard InChI is InChI=1S/C15H25ClN2O/c1-6-18(11(2)10-19-5)15-8-7-13(9-14(15)16)12(3)17-4/h7-9,11-12,17H,6,10H2,1-5H3. The number of likely N-dealkylation sites (N-methyl/N-ethyl adjacent to an activating group) is 1. The minimum atomic E-state index is 0.304. The van der Waals surface area contributed by atoms with Crippen LogP contribution in [0.15, 0.2) is 18.2 Å². The molecular weight excluding hydrogens is 260 g/mol. The molecule has 0 aliphatic heterocycles. The van der Waals surface area contributed by atoms with Gasteiger partial charge in [0.25, 0.3) is 0 Å². The Morgan fingerprint density at radius 3 is 2.53 bits per heavy atom. The van der Waals surface area contributed by atoms with Gasteiger partial charge in [-0.2, -0.15) is 0 Å². The summed E-state index contributed by atoms with van der Waals surface area (Å²) in [6, 6.07) is 6.88. The van der Waals surface area contributed by atoms with Crippen LogP contribution in [0, 0.1) is 0 Å². The Labute approximate surface area is 121 Å². The molecule has 0 heterocycles. The Balaban J connectivity index is 2.99. The maximum Gasteiger partial charge on any atom is 0.0663 e. The summed E-state index contributed by atoms with van der Waals surface area (Å²) in [5.41, 5.74) is 2.27. The molecule has 0 saturated carbocycles. The molecule has 2 unspecified atom stereocenters. The van der Waals surface area contributed by atoms with E-state index in [-0.39, 0.29) is 0 Å². The fourth-order valence-corrected chi connectivity index (χ4v) is 2.54. The molecular formula is C15H25ClN2O. The van der Waals surface area contributed by atoms with Gasteiger partial charge in [-0.1, -0.05) is 17.7 Å². The van der Waals surface area contributed by atoms with Gasteiger partial charge in [0.2, 0.25) is 0 Å². The maximum absolute atomic E-state index is 6.44. The van der Waals surface area contributed by atoms with Crippen molar-refractivity contribution in [1.29, 1.82) is 0 Å². The number of nitrogens with one attached hydrogen (secondary N) is 1. The van der Waals surface area contributed by atoms with Gasteiger partial charge in [0, 0.05) is 25.7 Å². The molecule has 0 aliphatic carbocycles. The predicted molar refractivity (Wildman–Crippen MR) is 83.3 cm³/mol. The highest BCUT2D eigenvalue weighted by molar-refractivity contribution is 6.33. The summed E-state index contributed by atoms with van der Waals surface area (Å²) in [6.07, 6.45) is 0. The first-order valence-electron chi connectivity index (χ1n) is 6.77. The molecule has 19 heavy (non-hydrogen) atoms. The van der Waals surface area contributed by atoms with Crippen LogP contribution >= 0.6 is 11.6 Å². The smallest absolute Gasteiger partial charge is 0.0663 e. The van der Waals surface area contributed by atoms with Crippen LogP contribution in [0.25, 0.3) is 0 Å². The fraction of sp³-hybridized carbons (Fsp3) is 0.600. The third-order valence-electron chi connectivity index (χ3n) is 3.49. The van der Waals surface area contributed by atoms with Crippen molar-refractivity contribution in [3.8, 4) is 0 Å². The molecule has 0 aromatic heterocycles. The van der Waals surface area contributed by atoms with Gasteiger partial charge >= 0.3 is 0 Å². The topological polar surface area (TPSA) is 24.5 Å². The van der Waals surface area contributed by atoms with Crippen molar-refractivity contribution in [3.63, 3.8) is 0 Å². The summed E-state index contributed by atoms with van der Waals surface area (Å²) in [6.45, 7) is 8.00. The molecule has 0 fully saturated rings. The van der Waals surface area contributed by atoms with Crippen molar-refractivity contribution < 1.29 is 4.74 Å². The Bertz CT molecular complexity index is 398. The molecule has 2 atom stereocenters. The lowest BCUT2D eigenvalue weighted by molar-refractivity contribution is 0.182. The zero-order valence-electron chi connectivity index (χ0n) is 12.5. The van der Waals surface area contributed by atoms with Crippen LogP contribution in [0.1, 0.15) is 32.4 Å². The van der Waals surface area contributed by atoms with E-state index >= 15 is 0 Å². The summed E-state index contributed by atoms with van der Waals surface area (Å²) < 4.78 is 5.23. The summed E-state index contributed by atoms with van der Waals surface area (Å²) in [5, 5.41) is 4.02. The average Bonchev–Trinajstić information content (AvgIpc) is 2.40. The molecule has 108 valence electrons. The highest BCUT2D eigenvalue weighted by atomic mass is 35.5. The van der Waals surface area contributed by atoms with E-state index in [1.807, 2.05) is 13.1 Å². The minimum absolute atomic E-state index is 0.304. The van der Waals surface area contributed by atoms with Gasteiger partial charge in [0.05, 0.1) is 17.3 Å². The second kappa shape index (κ2) is 7.73. The molecule has 0 radical (unpaired) electrons. The van der Waals surface area contributed by atoms with E-state index in [4.69, 9.17) is 16.3 Å². The molecule has 1 N–H and O–H groups in total. The molecule has 1 aromatic rings. The van der Waals surface area contributed by atoms with Gasteiger partial charge in [-0.25, -0.2) is 0 Å². The summed E-state index contributed by atoms with van der Waals surface area (Å²) in [5.74, 6) is 0. The lowest BCUT2D eigenvalue weighted by atomic mass is 10.1. The van der Waals surface area contributed by atoms with Gasteiger partial charge in [-0.3, -0.25) is 0 Å². The average molecular weight is 285 g/mol. The molecule has 0 amide bonds. The SMILES string of the molecule is CCN(c1ccc(C(C)NC)cc1Cl)C(C)COC. The van der Waals surface area contributed by atoms with Gasteiger partial charge in [-0.15, -0.1) is 0 Å². The predicted octanol–water partition coefficient (Wildman–Crippen LogP) is 3.48. The first-order chi connectivity index (χ1) is 9.04. The van der Waals surface area contributed by atoms with Crippen molar-refractivity contribution in [3.05, 3.63) is 28.8 Å². The van der Waals surface area contributed by atoms with Crippen LogP contribution in [0.2, 0.25) is 5.02 Å². The van der Waals surface area contributed by atoms with E-state index in [2.05, 4.69) is 43.1 Å².